The van der Waals surface area contributed by atoms with Crippen molar-refractivity contribution in [1.82, 2.24) is 9.72 Å². The molecule has 21 heavy (non-hydrogen) atoms. The summed E-state index contributed by atoms with van der Waals surface area (Å²) in [7, 11) is 0. The molecule has 6 heteroatoms. The van der Waals surface area contributed by atoms with Gasteiger partial charge in [-0.1, -0.05) is 6.07 Å². The Bertz CT molecular complexity index is 663. The summed E-state index contributed by atoms with van der Waals surface area (Å²) in [5.74, 6) is -1.07. The number of aliphatic hydroxyl groups excluding tert-OH is 1. The number of hydrogen-bond donors (Lipinski definition) is 2. The number of ether oxygens (including phenoxy) is 1. The quantitative estimate of drug-likeness (QED) is 0.802. The van der Waals surface area contributed by atoms with Gasteiger partial charge in [0.15, 0.2) is 6.04 Å². The Balaban J connectivity index is 2.18. The van der Waals surface area contributed by atoms with Gasteiger partial charge in [-0.3, -0.25) is 4.79 Å². The van der Waals surface area contributed by atoms with Gasteiger partial charge in [-0.05, 0) is 32.0 Å². The van der Waals surface area contributed by atoms with Crippen LogP contribution in [0, 0.1) is 6.92 Å². The zero-order chi connectivity index (χ0) is 15.4. The molecular formula is C15H18N2O4. The number of fused-ring (bicyclic) bond motifs is 1. The Morgan fingerprint density at radius 2 is 2.19 bits per heavy atom. The molecule has 1 atom stereocenters. The number of hydrogen-bond acceptors (Lipinski definition) is 4. The molecule has 0 spiro atoms. The molecule has 0 aliphatic heterocycles. The molecule has 2 N–H and O–H groups in total. The van der Waals surface area contributed by atoms with Crippen LogP contribution in [0.25, 0.3) is 5.52 Å². The molecule has 0 saturated carbocycles. The molecule has 1 amide bonds. The second-order valence-corrected chi connectivity index (χ2v) is 4.65. The third kappa shape index (κ3) is 3.22. The van der Waals surface area contributed by atoms with E-state index >= 15 is 0 Å². The first-order valence-electron chi connectivity index (χ1n) is 6.73. The van der Waals surface area contributed by atoms with Crippen LogP contribution in [0.15, 0.2) is 30.5 Å². The standard InChI is InChI=1S/C15H18N2O4/c1-3-21-15(20)13(9-18)16-14(19)11-7-12-6-4-5-10(2)17(12)8-11/h4-8,13,18H,3,9H2,1-2H3,(H,16,19)/t13-/m0/s1. The summed E-state index contributed by atoms with van der Waals surface area (Å²) in [5, 5.41) is 11.7. The van der Waals surface area contributed by atoms with Gasteiger partial charge >= 0.3 is 5.97 Å². The number of rotatable bonds is 5. The average molecular weight is 290 g/mol. The molecule has 0 bridgehead atoms. The number of nitrogens with zero attached hydrogens (tertiary/aromatic N) is 1. The minimum atomic E-state index is -1.05. The predicted molar refractivity (Wildman–Crippen MR) is 77.1 cm³/mol. The molecule has 0 aliphatic carbocycles. The van der Waals surface area contributed by atoms with Crippen molar-refractivity contribution in [3.63, 3.8) is 0 Å². The number of carbonyl (C=O) groups excluding carboxylic acids is 2. The number of pyridine rings is 1. The van der Waals surface area contributed by atoms with E-state index in [4.69, 9.17) is 4.74 Å². The lowest BCUT2D eigenvalue weighted by Crippen LogP contribution is -2.44. The van der Waals surface area contributed by atoms with Crippen LogP contribution in [0.2, 0.25) is 0 Å². The van der Waals surface area contributed by atoms with Crippen LogP contribution in [0.1, 0.15) is 23.0 Å². The molecule has 0 radical (unpaired) electrons. The second-order valence-electron chi connectivity index (χ2n) is 4.65. The Morgan fingerprint density at radius 3 is 2.81 bits per heavy atom. The van der Waals surface area contributed by atoms with Crippen LogP contribution >= 0.6 is 0 Å². The van der Waals surface area contributed by atoms with Crippen molar-refractivity contribution < 1.29 is 19.4 Å². The lowest BCUT2D eigenvalue weighted by atomic mass is 10.2. The highest BCUT2D eigenvalue weighted by Gasteiger charge is 2.22. The molecule has 6 nitrogen and oxygen atoms in total. The number of aromatic nitrogens is 1. The van der Waals surface area contributed by atoms with Gasteiger partial charge in [-0.15, -0.1) is 0 Å². The minimum Gasteiger partial charge on any atom is -0.464 e. The van der Waals surface area contributed by atoms with Crippen LogP contribution in [0.5, 0.6) is 0 Å². The molecule has 0 aromatic carbocycles. The van der Waals surface area contributed by atoms with Gasteiger partial charge in [0.05, 0.1) is 18.8 Å². The topological polar surface area (TPSA) is 80.0 Å². The third-order valence-corrected chi connectivity index (χ3v) is 3.16. The molecule has 0 aliphatic rings. The highest BCUT2D eigenvalue weighted by molar-refractivity contribution is 5.98. The van der Waals surface area contributed by atoms with E-state index in [1.165, 1.54) is 0 Å². The van der Waals surface area contributed by atoms with Crippen molar-refractivity contribution in [2.45, 2.75) is 19.9 Å². The number of esters is 1. The fraction of sp³-hybridized carbons (Fsp3) is 0.333. The van der Waals surface area contributed by atoms with E-state index in [9.17, 15) is 14.7 Å². The van der Waals surface area contributed by atoms with Crippen LogP contribution in [0.3, 0.4) is 0 Å². The van der Waals surface area contributed by atoms with Gasteiger partial charge in [0, 0.05) is 17.4 Å². The lowest BCUT2D eigenvalue weighted by molar-refractivity contribution is -0.146. The molecule has 0 saturated heterocycles. The van der Waals surface area contributed by atoms with Gasteiger partial charge in [0.1, 0.15) is 0 Å². The summed E-state index contributed by atoms with van der Waals surface area (Å²) < 4.78 is 6.67. The van der Waals surface area contributed by atoms with Crippen molar-refractivity contribution in [2.75, 3.05) is 13.2 Å². The van der Waals surface area contributed by atoms with Gasteiger partial charge in [-0.25, -0.2) is 4.79 Å². The van der Waals surface area contributed by atoms with Gasteiger partial charge in [0.25, 0.3) is 5.91 Å². The summed E-state index contributed by atoms with van der Waals surface area (Å²) >= 11 is 0. The summed E-state index contributed by atoms with van der Waals surface area (Å²) in [6, 6.07) is 6.40. The monoisotopic (exact) mass is 290 g/mol. The van der Waals surface area contributed by atoms with Gasteiger partial charge in [0.2, 0.25) is 0 Å². The third-order valence-electron chi connectivity index (χ3n) is 3.16. The Labute approximate surface area is 122 Å². The Morgan fingerprint density at radius 1 is 1.43 bits per heavy atom. The van der Waals surface area contributed by atoms with E-state index in [1.54, 1.807) is 19.2 Å². The van der Waals surface area contributed by atoms with E-state index in [1.807, 2.05) is 29.5 Å². The molecule has 2 rings (SSSR count). The van der Waals surface area contributed by atoms with Crippen molar-refractivity contribution in [2.24, 2.45) is 0 Å². The number of aliphatic hydroxyl groups is 1. The first-order valence-corrected chi connectivity index (χ1v) is 6.73. The SMILES string of the molecule is CCOC(=O)[C@H](CO)NC(=O)c1cc2cccc(C)n2c1. The maximum Gasteiger partial charge on any atom is 0.331 e. The molecule has 2 aromatic rings. The highest BCUT2D eigenvalue weighted by Crippen LogP contribution is 2.12. The van der Waals surface area contributed by atoms with Gasteiger partial charge in [-0.2, -0.15) is 0 Å². The molecule has 112 valence electrons. The number of aryl methyl sites for hydroxylation is 1. The van der Waals surface area contributed by atoms with Crippen molar-refractivity contribution >= 4 is 17.4 Å². The van der Waals surface area contributed by atoms with Gasteiger partial charge < -0.3 is 19.6 Å². The minimum absolute atomic E-state index is 0.195. The van der Waals surface area contributed by atoms with E-state index in [2.05, 4.69) is 5.32 Å². The first-order chi connectivity index (χ1) is 10.1. The molecule has 0 fully saturated rings. The van der Waals surface area contributed by atoms with E-state index < -0.39 is 24.5 Å². The summed E-state index contributed by atoms with van der Waals surface area (Å²) in [4.78, 5) is 23.7. The van der Waals surface area contributed by atoms with Crippen molar-refractivity contribution in [3.8, 4) is 0 Å². The summed E-state index contributed by atoms with van der Waals surface area (Å²) in [6.07, 6.45) is 1.69. The lowest BCUT2D eigenvalue weighted by Gasteiger charge is -2.14. The summed E-state index contributed by atoms with van der Waals surface area (Å²) in [6.45, 7) is 3.29. The first kappa shape index (κ1) is 15.1. The average Bonchev–Trinajstić information content (AvgIpc) is 2.90. The molecule has 0 unspecified atom stereocenters. The van der Waals surface area contributed by atoms with Crippen LogP contribution < -0.4 is 5.32 Å². The predicted octanol–water partition coefficient (Wildman–Crippen LogP) is 0.902. The highest BCUT2D eigenvalue weighted by atomic mass is 16.5. The van der Waals surface area contributed by atoms with E-state index in [0.29, 0.717) is 5.56 Å². The fourth-order valence-corrected chi connectivity index (χ4v) is 2.07. The zero-order valence-corrected chi connectivity index (χ0v) is 12.0. The maximum absolute atomic E-state index is 12.2. The smallest absolute Gasteiger partial charge is 0.331 e. The fourth-order valence-electron chi connectivity index (χ4n) is 2.07. The van der Waals surface area contributed by atoms with Crippen LogP contribution in [-0.4, -0.2) is 40.6 Å². The van der Waals surface area contributed by atoms with Crippen molar-refractivity contribution in [1.29, 1.82) is 0 Å². The van der Waals surface area contributed by atoms with E-state index in [0.717, 1.165) is 11.2 Å². The molecular weight excluding hydrogens is 272 g/mol. The Kier molecular flexibility index (Phi) is 4.59. The van der Waals surface area contributed by atoms with Crippen LogP contribution in [0.4, 0.5) is 0 Å². The maximum atomic E-state index is 12.2. The zero-order valence-electron chi connectivity index (χ0n) is 12.0. The summed E-state index contributed by atoms with van der Waals surface area (Å²) in [5.41, 5.74) is 2.31. The number of carbonyl (C=O) groups is 2. The second kappa shape index (κ2) is 6.41. The number of nitrogens with one attached hydrogen (secondary N) is 1. The molecule has 2 aromatic heterocycles. The van der Waals surface area contributed by atoms with E-state index in [-0.39, 0.29) is 6.61 Å². The largest absolute Gasteiger partial charge is 0.464 e. The Hall–Kier alpha value is -2.34. The molecule has 2 heterocycles. The van der Waals surface area contributed by atoms with Crippen molar-refractivity contribution in [3.05, 3.63) is 41.7 Å². The number of amides is 1. The van der Waals surface area contributed by atoms with Crippen LogP contribution in [-0.2, 0) is 9.53 Å². The normalized spacial score (nSPS) is 12.1.